The number of fused-ring (bicyclic) bond motifs is 1. The number of rotatable bonds is 5. The lowest BCUT2D eigenvalue weighted by Crippen LogP contribution is -2.36. The molecule has 0 aromatic heterocycles. The van der Waals surface area contributed by atoms with Crippen LogP contribution in [0.3, 0.4) is 0 Å². The van der Waals surface area contributed by atoms with E-state index in [1.807, 2.05) is 66.7 Å². The van der Waals surface area contributed by atoms with E-state index in [1.165, 1.54) is 5.39 Å². The van der Waals surface area contributed by atoms with Crippen molar-refractivity contribution in [3.8, 4) is 0 Å². The molecule has 31 heavy (non-hydrogen) atoms. The normalized spacial score (nSPS) is 12.5. The molecule has 0 saturated heterocycles. The van der Waals surface area contributed by atoms with Gasteiger partial charge in [0.25, 0.3) is 0 Å². The van der Waals surface area contributed by atoms with Gasteiger partial charge >= 0.3 is 0 Å². The minimum absolute atomic E-state index is 0.744. The van der Waals surface area contributed by atoms with Crippen LogP contribution in [0.5, 0.6) is 0 Å². The Hall–Kier alpha value is -3.68. The molecule has 1 N–H and O–H groups in total. The van der Waals surface area contributed by atoms with E-state index in [-0.39, 0.29) is 0 Å². The first-order valence-electron chi connectivity index (χ1n) is 10.6. The molecule has 5 aromatic carbocycles. The van der Waals surface area contributed by atoms with E-state index in [2.05, 4.69) is 66.7 Å². The molecule has 1 atom stereocenters. The lowest BCUT2D eigenvalue weighted by molar-refractivity contribution is 0.122. The summed E-state index contributed by atoms with van der Waals surface area (Å²) in [7, 11) is 0. The summed E-state index contributed by atoms with van der Waals surface area (Å²) < 4.78 is 0. The van der Waals surface area contributed by atoms with Gasteiger partial charge in [0.2, 0.25) is 0 Å². The van der Waals surface area contributed by atoms with Crippen LogP contribution in [0.4, 0.5) is 0 Å². The Bertz CT molecular complexity index is 1180. The zero-order valence-corrected chi connectivity index (χ0v) is 17.2. The van der Waals surface area contributed by atoms with E-state index in [9.17, 15) is 5.11 Å². The summed E-state index contributed by atoms with van der Waals surface area (Å²) >= 11 is 0. The maximum absolute atomic E-state index is 12.2. The average molecular weight is 401 g/mol. The van der Waals surface area contributed by atoms with E-state index < -0.39 is 11.5 Å². The van der Waals surface area contributed by atoms with Crippen molar-refractivity contribution in [2.24, 2.45) is 0 Å². The van der Waals surface area contributed by atoms with E-state index in [1.54, 1.807) is 0 Å². The molecule has 0 aliphatic carbocycles. The summed E-state index contributed by atoms with van der Waals surface area (Å²) in [6.07, 6.45) is -0.774. The van der Waals surface area contributed by atoms with Crippen LogP contribution in [-0.4, -0.2) is 5.11 Å². The van der Waals surface area contributed by atoms with Gasteiger partial charge in [0.15, 0.2) is 0 Å². The summed E-state index contributed by atoms with van der Waals surface area (Å²) in [5.74, 6) is 0. The van der Waals surface area contributed by atoms with Crippen LogP contribution in [0.15, 0.2) is 133 Å². The summed E-state index contributed by atoms with van der Waals surface area (Å²) in [6.45, 7) is 0. The highest BCUT2D eigenvalue weighted by atomic mass is 16.3. The van der Waals surface area contributed by atoms with E-state index in [4.69, 9.17) is 0 Å². The minimum Gasteiger partial charge on any atom is -0.387 e. The third kappa shape index (κ3) is 3.34. The molecule has 0 saturated carbocycles. The molecule has 1 heteroatoms. The van der Waals surface area contributed by atoms with Gasteiger partial charge in [-0.25, -0.2) is 0 Å². The van der Waals surface area contributed by atoms with E-state index >= 15 is 0 Å². The fourth-order valence-electron chi connectivity index (χ4n) is 4.70. The molecule has 0 aliphatic heterocycles. The van der Waals surface area contributed by atoms with Crippen molar-refractivity contribution in [2.45, 2.75) is 11.5 Å². The average Bonchev–Trinajstić information content (AvgIpc) is 2.86. The molecule has 150 valence electrons. The topological polar surface area (TPSA) is 20.2 Å². The summed E-state index contributed by atoms with van der Waals surface area (Å²) in [6, 6.07) is 45.6. The maximum Gasteiger partial charge on any atom is 0.0968 e. The van der Waals surface area contributed by atoms with E-state index in [0.717, 1.165) is 27.6 Å². The number of hydrogen-bond acceptors (Lipinski definition) is 1. The monoisotopic (exact) mass is 400 g/mol. The second-order valence-corrected chi connectivity index (χ2v) is 7.92. The van der Waals surface area contributed by atoms with Crippen molar-refractivity contribution in [3.05, 3.63) is 156 Å². The second-order valence-electron chi connectivity index (χ2n) is 7.92. The fraction of sp³-hybridized carbons (Fsp3) is 0.0667. The molecular weight excluding hydrogens is 376 g/mol. The minimum atomic E-state index is -0.774. The van der Waals surface area contributed by atoms with Gasteiger partial charge in [0.05, 0.1) is 11.5 Å². The molecule has 0 heterocycles. The molecule has 0 spiro atoms. The number of aliphatic hydroxyl groups is 1. The molecule has 0 radical (unpaired) electrons. The fourth-order valence-corrected chi connectivity index (χ4v) is 4.70. The van der Waals surface area contributed by atoms with Crippen LogP contribution in [0.1, 0.15) is 28.4 Å². The zero-order valence-electron chi connectivity index (χ0n) is 17.2. The Morgan fingerprint density at radius 3 is 1.35 bits per heavy atom. The van der Waals surface area contributed by atoms with Gasteiger partial charge in [-0.2, -0.15) is 0 Å². The summed E-state index contributed by atoms with van der Waals surface area (Å²) in [5.41, 5.74) is 3.34. The van der Waals surface area contributed by atoms with Gasteiger partial charge in [-0.15, -0.1) is 0 Å². The predicted octanol–water partition coefficient (Wildman–Crippen LogP) is 6.91. The van der Waals surface area contributed by atoms with Crippen molar-refractivity contribution in [1.82, 2.24) is 0 Å². The molecule has 1 nitrogen and oxygen atoms in total. The zero-order chi connectivity index (χ0) is 21.1. The van der Waals surface area contributed by atoms with Crippen molar-refractivity contribution in [3.63, 3.8) is 0 Å². The smallest absolute Gasteiger partial charge is 0.0968 e. The van der Waals surface area contributed by atoms with Gasteiger partial charge in [0, 0.05) is 0 Å². The highest BCUT2D eigenvalue weighted by molar-refractivity contribution is 5.83. The molecular formula is C30H24O. The Kier molecular flexibility index (Phi) is 5.11. The van der Waals surface area contributed by atoms with Crippen molar-refractivity contribution in [2.75, 3.05) is 0 Å². The Morgan fingerprint density at radius 1 is 0.452 bits per heavy atom. The first-order valence-corrected chi connectivity index (χ1v) is 10.6. The van der Waals surface area contributed by atoms with Crippen molar-refractivity contribution in [1.29, 1.82) is 0 Å². The Labute approximate surface area is 183 Å². The Morgan fingerprint density at radius 2 is 0.871 bits per heavy atom. The van der Waals surface area contributed by atoms with Crippen LogP contribution < -0.4 is 0 Å². The number of benzene rings is 5. The van der Waals surface area contributed by atoms with Crippen LogP contribution >= 0.6 is 0 Å². The highest BCUT2D eigenvalue weighted by Gasteiger charge is 2.43. The summed E-state index contributed by atoms with van der Waals surface area (Å²) in [5, 5.41) is 14.4. The standard InChI is InChI=1S/C30H24O/c31-29(25-21-20-23-12-10-11-13-24(23)22-25)30(26-14-4-1-5-15-26,27-16-6-2-7-17-27)28-18-8-3-9-19-28/h1-22,29,31H. The van der Waals surface area contributed by atoms with Gasteiger partial charge in [-0.1, -0.05) is 127 Å². The first-order chi connectivity index (χ1) is 15.3. The van der Waals surface area contributed by atoms with Gasteiger partial charge in [0.1, 0.15) is 0 Å². The van der Waals surface area contributed by atoms with Gasteiger partial charge < -0.3 is 5.11 Å². The van der Waals surface area contributed by atoms with E-state index in [0.29, 0.717) is 0 Å². The molecule has 5 rings (SSSR count). The molecule has 0 amide bonds. The first kappa shape index (κ1) is 19.3. The highest BCUT2D eigenvalue weighted by Crippen LogP contribution is 2.48. The Balaban J connectivity index is 1.82. The predicted molar refractivity (Wildman–Crippen MR) is 128 cm³/mol. The third-order valence-corrected chi connectivity index (χ3v) is 6.19. The van der Waals surface area contributed by atoms with Crippen LogP contribution in [0, 0.1) is 0 Å². The van der Waals surface area contributed by atoms with Crippen LogP contribution in [-0.2, 0) is 5.41 Å². The number of aliphatic hydroxyl groups excluding tert-OH is 1. The molecule has 5 aromatic rings. The van der Waals surface area contributed by atoms with Gasteiger partial charge in [-0.3, -0.25) is 0 Å². The van der Waals surface area contributed by atoms with Crippen molar-refractivity contribution < 1.29 is 5.11 Å². The van der Waals surface area contributed by atoms with Crippen LogP contribution in [0.25, 0.3) is 10.8 Å². The van der Waals surface area contributed by atoms with Crippen molar-refractivity contribution >= 4 is 10.8 Å². The quantitative estimate of drug-likeness (QED) is 0.318. The third-order valence-electron chi connectivity index (χ3n) is 6.19. The maximum atomic E-state index is 12.2. The lowest BCUT2D eigenvalue weighted by atomic mass is 9.64. The largest absolute Gasteiger partial charge is 0.387 e. The lowest BCUT2D eigenvalue weighted by Gasteiger charge is -2.40. The number of hydrogen-bond donors (Lipinski definition) is 1. The molecule has 0 aliphatic rings. The second kappa shape index (κ2) is 8.22. The van der Waals surface area contributed by atoms with Gasteiger partial charge in [-0.05, 0) is 39.1 Å². The summed E-state index contributed by atoms with van der Waals surface area (Å²) in [4.78, 5) is 0. The molecule has 0 fully saturated rings. The molecule has 1 unspecified atom stereocenters. The van der Waals surface area contributed by atoms with Crippen LogP contribution in [0.2, 0.25) is 0 Å². The SMILES string of the molecule is OC(c1ccc2ccccc2c1)C(c1ccccc1)(c1ccccc1)c1ccccc1. The molecule has 0 bridgehead atoms.